The van der Waals surface area contributed by atoms with Crippen molar-refractivity contribution in [1.82, 2.24) is 0 Å². The zero-order valence-electron chi connectivity index (χ0n) is 8.98. The van der Waals surface area contributed by atoms with E-state index in [-0.39, 0.29) is 5.97 Å². The third-order valence-corrected chi connectivity index (χ3v) is 2.10. The molecule has 1 rings (SSSR count). The molecule has 1 aromatic rings. The molecule has 0 amide bonds. The number of carbonyl (C=O) groups is 1. The lowest BCUT2D eigenvalue weighted by atomic mass is 10.0. The predicted molar refractivity (Wildman–Crippen MR) is 60.5 cm³/mol. The molecule has 80 valence electrons. The molecule has 2 heteroatoms. The van der Waals surface area contributed by atoms with Crippen molar-refractivity contribution >= 4 is 5.97 Å². The van der Waals surface area contributed by atoms with E-state index in [0.29, 0.717) is 12.5 Å². The van der Waals surface area contributed by atoms with Crippen LogP contribution >= 0.6 is 0 Å². The van der Waals surface area contributed by atoms with E-state index in [9.17, 15) is 4.79 Å². The Bertz CT molecular complexity index is 317. The summed E-state index contributed by atoms with van der Waals surface area (Å²) in [7, 11) is 0. The van der Waals surface area contributed by atoms with Crippen molar-refractivity contribution in [3.63, 3.8) is 0 Å². The molecule has 0 saturated carbocycles. The van der Waals surface area contributed by atoms with E-state index < -0.39 is 0 Å². The van der Waals surface area contributed by atoms with Gasteiger partial charge >= 0.3 is 5.97 Å². The minimum absolute atomic E-state index is 0.330. The highest BCUT2D eigenvalue weighted by atomic mass is 16.5. The van der Waals surface area contributed by atoms with Gasteiger partial charge in [-0.1, -0.05) is 43.8 Å². The van der Waals surface area contributed by atoms with E-state index in [1.54, 1.807) is 0 Å². The van der Waals surface area contributed by atoms with Crippen molar-refractivity contribution < 1.29 is 9.53 Å². The standard InChI is InChI=1S/C13H16O2/c1-3-13(14)15-10-11(2)9-12-7-5-4-6-8-12/h3-8,11H,1,9-10H2,2H3/t11-/m1/s1. The van der Waals surface area contributed by atoms with Gasteiger partial charge in [0.05, 0.1) is 6.61 Å². The van der Waals surface area contributed by atoms with Gasteiger partial charge in [0.25, 0.3) is 0 Å². The molecule has 0 N–H and O–H groups in total. The van der Waals surface area contributed by atoms with Crippen molar-refractivity contribution in [2.24, 2.45) is 5.92 Å². The minimum Gasteiger partial charge on any atom is -0.462 e. The van der Waals surface area contributed by atoms with Gasteiger partial charge in [0.2, 0.25) is 0 Å². The van der Waals surface area contributed by atoms with Crippen molar-refractivity contribution in [2.45, 2.75) is 13.3 Å². The van der Waals surface area contributed by atoms with Gasteiger partial charge < -0.3 is 4.74 Å². The van der Waals surface area contributed by atoms with Crippen molar-refractivity contribution in [2.75, 3.05) is 6.61 Å². The Hall–Kier alpha value is -1.57. The summed E-state index contributed by atoms with van der Waals surface area (Å²) in [6, 6.07) is 10.2. The highest BCUT2D eigenvalue weighted by Gasteiger charge is 2.05. The Morgan fingerprint density at radius 2 is 2.13 bits per heavy atom. The third-order valence-electron chi connectivity index (χ3n) is 2.10. The number of rotatable bonds is 5. The molecular weight excluding hydrogens is 188 g/mol. The summed E-state index contributed by atoms with van der Waals surface area (Å²) in [5.74, 6) is -0.0220. The predicted octanol–water partition coefficient (Wildman–Crippen LogP) is 2.59. The summed E-state index contributed by atoms with van der Waals surface area (Å²) >= 11 is 0. The van der Waals surface area contributed by atoms with Gasteiger partial charge in [0, 0.05) is 6.08 Å². The molecule has 0 aromatic heterocycles. The number of carbonyl (C=O) groups excluding carboxylic acids is 1. The summed E-state index contributed by atoms with van der Waals surface area (Å²) in [5, 5.41) is 0. The molecule has 1 atom stereocenters. The van der Waals surface area contributed by atoms with Crippen molar-refractivity contribution in [3.8, 4) is 0 Å². The van der Waals surface area contributed by atoms with Crippen LogP contribution in [0.15, 0.2) is 43.0 Å². The van der Waals surface area contributed by atoms with E-state index in [4.69, 9.17) is 4.74 Å². The van der Waals surface area contributed by atoms with Gasteiger partial charge in [-0.3, -0.25) is 0 Å². The van der Waals surface area contributed by atoms with E-state index in [2.05, 4.69) is 25.6 Å². The number of benzene rings is 1. The largest absolute Gasteiger partial charge is 0.462 e. The second kappa shape index (κ2) is 6.02. The van der Waals surface area contributed by atoms with Crippen molar-refractivity contribution in [3.05, 3.63) is 48.6 Å². The number of hydrogen-bond donors (Lipinski definition) is 0. The fourth-order valence-corrected chi connectivity index (χ4v) is 1.36. The van der Waals surface area contributed by atoms with Gasteiger partial charge in [-0.2, -0.15) is 0 Å². The highest BCUT2D eigenvalue weighted by Crippen LogP contribution is 2.08. The molecule has 0 aliphatic rings. The summed E-state index contributed by atoms with van der Waals surface area (Å²) in [6.07, 6.45) is 2.11. The van der Waals surface area contributed by atoms with Crippen LogP contribution in [-0.4, -0.2) is 12.6 Å². The first-order chi connectivity index (χ1) is 7.22. The summed E-state index contributed by atoms with van der Waals surface area (Å²) in [4.78, 5) is 10.8. The molecule has 0 saturated heterocycles. The van der Waals surface area contributed by atoms with Gasteiger partial charge in [-0.15, -0.1) is 0 Å². The average Bonchev–Trinajstić information content (AvgIpc) is 2.27. The molecule has 1 aromatic carbocycles. The monoisotopic (exact) mass is 204 g/mol. The fraction of sp³-hybridized carbons (Fsp3) is 0.308. The Kier molecular flexibility index (Phi) is 4.61. The topological polar surface area (TPSA) is 26.3 Å². The van der Waals surface area contributed by atoms with E-state index in [0.717, 1.165) is 6.42 Å². The van der Waals surface area contributed by atoms with Crippen LogP contribution in [0.25, 0.3) is 0 Å². The molecule has 0 radical (unpaired) electrons. The number of ether oxygens (including phenoxy) is 1. The molecule has 0 aliphatic carbocycles. The molecule has 15 heavy (non-hydrogen) atoms. The van der Waals surface area contributed by atoms with E-state index in [1.165, 1.54) is 11.6 Å². The van der Waals surface area contributed by atoms with Crippen LogP contribution in [0.1, 0.15) is 12.5 Å². The fourth-order valence-electron chi connectivity index (χ4n) is 1.36. The lowest BCUT2D eigenvalue weighted by molar-refractivity contribution is -0.138. The highest BCUT2D eigenvalue weighted by molar-refractivity contribution is 5.81. The van der Waals surface area contributed by atoms with Crippen LogP contribution in [-0.2, 0) is 16.0 Å². The number of hydrogen-bond acceptors (Lipinski definition) is 2. The van der Waals surface area contributed by atoms with Crippen LogP contribution in [0.5, 0.6) is 0 Å². The van der Waals surface area contributed by atoms with E-state index >= 15 is 0 Å². The first-order valence-electron chi connectivity index (χ1n) is 5.05. The molecule has 0 unspecified atom stereocenters. The maximum absolute atomic E-state index is 10.8. The van der Waals surface area contributed by atoms with Gasteiger partial charge in [0.15, 0.2) is 0 Å². The Morgan fingerprint density at radius 1 is 1.47 bits per heavy atom. The van der Waals surface area contributed by atoms with Crippen LogP contribution in [0.3, 0.4) is 0 Å². The first kappa shape index (κ1) is 11.5. The van der Waals surface area contributed by atoms with E-state index in [1.807, 2.05) is 18.2 Å². The van der Waals surface area contributed by atoms with Gasteiger partial charge in [-0.05, 0) is 17.9 Å². The minimum atomic E-state index is -0.352. The Balaban J connectivity index is 2.33. The maximum atomic E-state index is 10.8. The zero-order chi connectivity index (χ0) is 11.1. The summed E-state index contributed by atoms with van der Waals surface area (Å²) in [6.45, 7) is 5.85. The molecule has 0 fully saturated rings. The van der Waals surface area contributed by atoms with Gasteiger partial charge in [0.1, 0.15) is 0 Å². The average molecular weight is 204 g/mol. The summed E-state index contributed by atoms with van der Waals surface area (Å²) in [5.41, 5.74) is 1.26. The second-order valence-corrected chi connectivity index (χ2v) is 3.63. The molecule has 2 nitrogen and oxygen atoms in total. The number of esters is 1. The lowest BCUT2D eigenvalue weighted by Gasteiger charge is -2.10. The quantitative estimate of drug-likeness (QED) is 0.544. The van der Waals surface area contributed by atoms with Crippen molar-refractivity contribution in [1.29, 1.82) is 0 Å². The SMILES string of the molecule is C=CC(=O)OC[C@H](C)Cc1ccccc1. The van der Waals surface area contributed by atoms with Crippen LogP contribution in [0.2, 0.25) is 0 Å². The molecule has 0 spiro atoms. The zero-order valence-corrected chi connectivity index (χ0v) is 8.98. The van der Waals surface area contributed by atoms with Crippen LogP contribution in [0.4, 0.5) is 0 Å². The molecular formula is C13H16O2. The lowest BCUT2D eigenvalue weighted by Crippen LogP contribution is -2.12. The normalized spacial score (nSPS) is 11.8. The molecule has 0 bridgehead atoms. The van der Waals surface area contributed by atoms with Gasteiger partial charge in [-0.25, -0.2) is 4.79 Å². The Labute approximate surface area is 90.6 Å². The molecule has 0 aliphatic heterocycles. The third kappa shape index (κ3) is 4.45. The maximum Gasteiger partial charge on any atom is 0.330 e. The molecule has 0 heterocycles. The summed E-state index contributed by atoms with van der Waals surface area (Å²) < 4.78 is 4.97. The van der Waals surface area contributed by atoms with Crippen LogP contribution in [0, 0.1) is 5.92 Å². The van der Waals surface area contributed by atoms with Crippen LogP contribution < -0.4 is 0 Å². The Morgan fingerprint density at radius 3 is 2.73 bits per heavy atom. The first-order valence-corrected chi connectivity index (χ1v) is 5.05. The second-order valence-electron chi connectivity index (χ2n) is 3.63. The smallest absolute Gasteiger partial charge is 0.330 e.